The Morgan fingerprint density at radius 1 is 1.18 bits per heavy atom. The number of hydrogen-bond acceptors (Lipinski definition) is 9. The highest BCUT2D eigenvalue weighted by Crippen LogP contribution is 2.23. The van der Waals surface area contributed by atoms with Crippen molar-refractivity contribution in [3.8, 4) is 0 Å². The number of fused-ring (bicyclic) bond motifs is 1. The molecule has 5 rings (SSSR count). The van der Waals surface area contributed by atoms with Gasteiger partial charge in [0.25, 0.3) is 0 Å². The van der Waals surface area contributed by atoms with Crippen molar-refractivity contribution < 1.29 is 19.1 Å². The Morgan fingerprint density at radius 3 is 2.75 bits per heavy atom. The van der Waals surface area contributed by atoms with Gasteiger partial charge < -0.3 is 25.0 Å². The number of ether oxygens (including phenoxy) is 2. The van der Waals surface area contributed by atoms with Crippen molar-refractivity contribution in [2.75, 3.05) is 43.5 Å². The molecule has 1 unspecified atom stereocenters. The molecule has 1 amide bonds. The summed E-state index contributed by atoms with van der Waals surface area (Å²) >= 11 is 0. The van der Waals surface area contributed by atoms with Gasteiger partial charge in [-0.1, -0.05) is 44.7 Å². The van der Waals surface area contributed by atoms with Crippen LogP contribution in [0, 0.1) is 0 Å². The first kappa shape index (κ1) is 27.7. The number of aromatic nitrogens is 4. The molecule has 0 spiro atoms. The SMILES string of the molecule is C=CC(=O)N1CCOC(C(=O)Cc2cccc(CNc3nc(NC4CCOCC4)nc4c(C(C)C)cnn34)c2)C1. The van der Waals surface area contributed by atoms with E-state index in [1.807, 2.05) is 30.5 Å². The molecule has 212 valence electrons. The van der Waals surface area contributed by atoms with Crippen LogP contribution in [0.4, 0.5) is 11.9 Å². The summed E-state index contributed by atoms with van der Waals surface area (Å²) in [7, 11) is 0. The maximum Gasteiger partial charge on any atom is 0.246 e. The fourth-order valence-corrected chi connectivity index (χ4v) is 5.02. The Balaban J connectivity index is 1.29. The Hall–Kier alpha value is -3.83. The van der Waals surface area contributed by atoms with Gasteiger partial charge in [-0.3, -0.25) is 9.59 Å². The van der Waals surface area contributed by atoms with Crippen LogP contribution in [-0.2, 0) is 32.0 Å². The van der Waals surface area contributed by atoms with Crippen molar-refractivity contribution >= 4 is 29.2 Å². The third kappa shape index (κ3) is 6.48. The molecule has 4 heterocycles. The molecule has 1 aromatic carbocycles. The molecule has 2 aliphatic heterocycles. The number of hydrogen-bond donors (Lipinski definition) is 2. The van der Waals surface area contributed by atoms with Crippen molar-refractivity contribution in [1.82, 2.24) is 24.5 Å². The van der Waals surface area contributed by atoms with Crippen LogP contribution in [0.1, 0.15) is 49.3 Å². The number of carbonyl (C=O) groups excluding carboxylic acids is 2. The predicted molar refractivity (Wildman–Crippen MR) is 151 cm³/mol. The minimum atomic E-state index is -0.634. The second-order valence-electron chi connectivity index (χ2n) is 10.6. The second-order valence-corrected chi connectivity index (χ2v) is 10.6. The molecule has 11 nitrogen and oxygen atoms in total. The number of rotatable bonds is 10. The van der Waals surface area contributed by atoms with Crippen LogP contribution >= 0.6 is 0 Å². The molecule has 0 radical (unpaired) electrons. The molecule has 40 heavy (non-hydrogen) atoms. The summed E-state index contributed by atoms with van der Waals surface area (Å²) in [5.41, 5.74) is 3.72. The zero-order valence-electron chi connectivity index (χ0n) is 23.1. The van der Waals surface area contributed by atoms with E-state index in [0.29, 0.717) is 31.6 Å². The average molecular weight is 548 g/mol. The number of nitrogens with zero attached hydrogens (tertiary/aromatic N) is 5. The molecule has 2 fully saturated rings. The Morgan fingerprint density at radius 2 is 1.98 bits per heavy atom. The first-order chi connectivity index (χ1) is 19.4. The van der Waals surface area contributed by atoms with Crippen LogP contribution in [0.15, 0.2) is 43.1 Å². The van der Waals surface area contributed by atoms with Crippen molar-refractivity contribution in [2.45, 2.75) is 57.7 Å². The summed E-state index contributed by atoms with van der Waals surface area (Å²) in [6.07, 6.45) is 4.53. The number of ketones is 1. The summed E-state index contributed by atoms with van der Waals surface area (Å²) < 4.78 is 12.9. The summed E-state index contributed by atoms with van der Waals surface area (Å²) in [6, 6.07) is 8.14. The van der Waals surface area contributed by atoms with Gasteiger partial charge in [0.15, 0.2) is 11.4 Å². The summed E-state index contributed by atoms with van der Waals surface area (Å²) in [4.78, 5) is 36.1. The number of nitrogens with one attached hydrogen (secondary N) is 2. The molecule has 2 aliphatic rings. The van der Waals surface area contributed by atoms with Crippen molar-refractivity contribution in [1.29, 1.82) is 0 Å². The van der Waals surface area contributed by atoms with Crippen LogP contribution in [0.5, 0.6) is 0 Å². The van der Waals surface area contributed by atoms with E-state index in [4.69, 9.17) is 19.4 Å². The van der Waals surface area contributed by atoms with Gasteiger partial charge in [0.1, 0.15) is 6.10 Å². The number of Topliss-reactive ketones (excluding diaryl/α,β-unsaturated/α-hetero) is 1. The maximum atomic E-state index is 13.0. The zero-order chi connectivity index (χ0) is 28.1. The molecule has 0 saturated carbocycles. The highest BCUT2D eigenvalue weighted by atomic mass is 16.5. The zero-order valence-corrected chi connectivity index (χ0v) is 23.1. The lowest BCUT2D eigenvalue weighted by Crippen LogP contribution is -2.48. The van der Waals surface area contributed by atoms with E-state index < -0.39 is 6.10 Å². The van der Waals surface area contributed by atoms with Gasteiger partial charge in [-0.05, 0) is 36.0 Å². The lowest BCUT2D eigenvalue weighted by Gasteiger charge is -2.31. The number of morpholine rings is 1. The van der Waals surface area contributed by atoms with Crippen LogP contribution in [-0.4, -0.2) is 81.2 Å². The van der Waals surface area contributed by atoms with E-state index in [0.717, 1.165) is 48.4 Å². The van der Waals surface area contributed by atoms with Gasteiger partial charge in [-0.25, -0.2) is 0 Å². The highest BCUT2D eigenvalue weighted by molar-refractivity contribution is 5.89. The minimum absolute atomic E-state index is 0.0502. The number of carbonyl (C=O) groups is 2. The quantitative estimate of drug-likeness (QED) is 0.369. The van der Waals surface area contributed by atoms with Gasteiger partial charge in [0, 0.05) is 44.3 Å². The van der Waals surface area contributed by atoms with Gasteiger partial charge in [0.05, 0.1) is 19.3 Å². The van der Waals surface area contributed by atoms with E-state index in [1.54, 1.807) is 9.42 Å². The standard InChI is InChI=1S/C29H37N7O4/c1-4-26(38)35-10-13-40-25(18-35)24(37)15-20-6-5-7-21(14-20)16-30-29-34-28(32-22-8-11-39-12-9-22)33-27-23(19(2)3)17-31-36(27)29/h4-7,14,17,19,22,25H,1,8-13,15-16,18H2,2-3H3,(H2,30,32,33,34). The van der Waals surface area contributed by atoms with Crippen molar-refractivity contribution in [3.05, 3.63) is 59.8 Å². The summed E-state index contributed by atoms with van der Waals surface area (Å²) in [5, 5.41) is 11.5. The van der Waals surface area contributed by atoms with Crippen LogP contribution < -0.4 is 10.6 Å². The van der Waals surface area contributed by atoms with Crippen molar-refractivity contribution in [3.63, 3.8) is 0 Å². The number of benzene rings is 1. The smallest absolute Gasteiger partial charge is 0.246 e. The topological polar surface area (TPSA) is 123 Å². The van der Waals surface area contributed by atoms with Crippen LogP contribution in [0.25, 0.3) is 5.65 Å². The number of anilines is 2. The average Bonchev–Trinajstić information content (AvgIpc) is 3.41. The molecule has 1 atom stereocenters. The Bertz CT molecular complexity index is 1370. The lowest BCUT2D eigenvalue weighted by atomic mass is 10.0. The first-order valence-electron chi connectivity index (χ1n) is 13.9. The molecular weight excluding hydrogens is 510 g/mol. The molecule has 2 aromatic heterocycles. The van der Waals surface area contributed by atoms with E-state index >= 15 is 0 Å². The first-order valence-corrected chi connectivity index (χ1v) is 13.9. The molecule has 11 heteroatoms. The largest absolute Gasteiger partial charge is 0.381 e. The van der Waals surface area contributed by atoms with Gasteiger partial charge in [0.2, 0.25) is 17.8 Å². The molecule has 0 aliphatic carbocycles. The molecule has 2 saturated heterocycles. The fourth-order valence-electron chi connectivity index (χ4n) is 5.02. The molecule has 2 N–H and O–H groups in total. The van der Waals surface area contributed by atoms with E-state index in [2.05, 4.69) is 36.2 Å². The highest BCUT2D eigenvalue weighted by Gasteiger charge is 2.28. The second kappa shape index (κ2) is 12.6. The molecular formula is C29H37N7O4. The molecule has 3 aromatic rings. The molecule has 0 bridgehead atoms. The third-order valence-electron chi connectivity index (χ3n) is 7.30. The minimum Gasteiger partial charge on any atom is -0.381 e. The van der Waals surface area contributed by atoms with E-state index in [9.17, 15) is 9.59 Å². The van der Waals surface area contributed by atoms with Gasteiger partial charge in [-0.15, -0.1) is 0 Å². The van der Waals surface area contributed by atoms with E-state index in [-0.39, 0.29) is 36.6 Å². The van der Waals surface area contributed by atoms with Crippen LogP contribution in [0.2, 0.25) is 0 Å². The third-order valence-corrected chi connectivity index (χ3v) is 7.30. The van der Waals surface area contributed by atoms with Gasteiger partial charge >= 0.3 is 0 Å². The Kier molecular flexibility index (Phi) is 8.71. The van der Waals surface area contributed by atoms with Crippen LogP contribution in [0.3, 0.4) is 0 Å². The Labute approximate surface area is 234 Å². The maximum absolute atomic E-state index is 13.0. The predicted octanol–water partition coefficient (Wildman–Crippen LogP) is 2.98. The lowest BCUT2D eigenvalue weighted by molar-refractivity contribution is -0.142. The fraction of sp³-hybridized carbons (Fsp3) is 0.483. The normalized spacial score (nSPS) is 18.2. The summed E-state index contributed by atoms with van der Waals surface area (Å²) in [6.45, 7) is 10.8. The summed E-state index contributed by atoms with van der Waals surface area (Å²) in [5.74, 6) is 1.19. The van der Waals surface area contributed by atoms with Gasteiger partial charge in [-0.2, -0.15) is 19.6 Å². The van der Waals surface area contributed by atoms with Crippen molar-refractivity contribution in [2.24, 2.45) is 0 Å². The van der Waals surface area contributed by atoms with E-state index in [1.165, 1.54) is 6.08 Å². The monoisotopic (exact) mass is 547 g/mol. The number of amides is 1.